The molecule has 0 aliphatic rings. The number of carbonyl (C=O) groups excluding carboxylic acids is 1. The van der Waals surface area contributed by atoms with Gasteiger partial charge in [0.1, 0.15) is 5.82 Å². The fourth-order valence-electron chi connectivity index (χ4n) is 3.40. The second-order valence-electron chi connectivity index (χ2n) is 8.01. The van der Waals surface area contributed by atoms with Gasteiger partial charge in [-0.05, 0) is 49.2 Å². The van der Waals surface area contributed by atoms with Gasteiger partial charge in [0.25, 0.3) is 5.91 Å². The molecule has 1 N–H and O–H groups in total. The fraction of sp³-hybridized carbons (Fsp3) is 0.240. The molecule has 2 aromatic heterocycles. The van der Waals surface area contributed by atoms with E-state index >= 15 is 0 Å². The molecule has 2 aromatic carbocycles. The summed E-state index contributed by atoms with van der Waals surface area (Å²) in [5, 5.41) is 8.35. The van der Waals surface area contributed by atoms with E-state index in [2.05, 4.69) is 22.4 Å². The minimum absolute atomic E-state index is 0.310. The van der Waals surface area contributed by atoms with E-state index in [-0.39, 0.29) is 5.91 Å². The fourth-order valence-corrected chi connectivity index (χ4v) is 3.40. The van der Waals surface area contributed by atoms with Crippen molar-refractivity contribution in [2.75, 3.05) is 12.4 Å². The van der Waals surface area contributed by atoms with Crippen molar-refractivity contribution in [1.29, 1.82) is 0 Å². The smallest absolute Gasteiger partial charge is 0.269 e. The van der Waals surface area contributed by atoms with Crippen LogP contribution in [0.5, 0.6) is 5.88 Å². The highest BCUT2D eigenvalue weighted by Crippen LogP contribution is 2.30. The molecule has 0 aliphatic carbocycles. The van der Waals surface area contributed by atoms with E-state index < -0.39 is 5.60 Å². The first kappa shape index (κ1) is 21.5. The van der Waals surface area contributed by atoms with Gasteiger partial charge in [-0.3, -0.25) is 9.48 Å². The lowest BCUT2D eigenvalue weighted by Gasteiger charge is -2.23. The van der Waals surface area contributed by atoms with Gasteiger partial charge in [-0.15, -0.1) is 5.10 Å². The molecule has 32 heavy (non-hydrogen) atoms. The Morgan fingerprint density at radius 1 is 1.03 bits per heavy atom. The number of methoxy groups -OCH3 is 1. The Balaban J connectivity index is 1.66. The number of pyridine rings is 1. The summed E-state index contributed by atoms with van der Waals surface area (Å²) in [5.74, 6) is 0.557. The summed E-state index contributed by atoms with van der Waals surface area (Å²) in [6, 6.07) is 21.4. The topological polar surface area (TPSA) is 78.3 Å². The van der Waals surface area contributed by atoms with Gasteiger partial charge in [-0.2, -0.15) is 0 Å². The molecule has 0 bridgehead atoms. The molecule has 4 aromatic rings. The maximum Gasteiger partial charge on any atom is 0.269 e. The molecule has 0 atom stereocenters. The quantitative estimate of drug-likeness (QED) is 0.448. The highest BCUT2D eigenvalue weighted by atomic mass is 16.5. The average molecular weight is 431 g/mol. The van der Waals surface area contributed by atoms with Crippen molar-refractivity contribution in [1.82, 2.24) is 14.8 Å². The number of anilines is 1. The maximum atomic E-state index is 12.9. The van der Waals surface area contributed by atoms with Crippen LogP contribution in [0, 0.1) is 0 Å². The highest BCUT2D eigenvalue weighted by molar-refractivity contribution is 5.96. The highest BCUT2D eigenvalue weighted by Gasteiger charge is 2.32. The first-order valence-corrected chi connectivity index (χ1v) is 10.4. The first-order chi connectivity index (χ1) is 15.5. The van der Waals surface area contributed by atoms with Crippen LogP contribution < -0.4 is 10.1 Å². The largest absolute Gasteiger partial charge is 0.460 e. The molecule has 7 heteroatoms. The second kappa shape index (κ2) is 9.20. The van der Waals surface area contributed by atoms with Crippen molar-refractivity contribution < 1.29 is 14.3 Å². The number of aromatic nitrogens is 3. The number of nitrogens with one attached hydrogen (secondary N) is 1. The minimum Gasteiger partial charge on any atom is -0.460 e. The second-order valence-corrected chi connectivity index (χ2v) is 8.01. The van der Waals surface area contributed by atoms with Crippen molar-refractivity contribution in [2.24, 2.45) is 0 Å². The Morgan fingerprint density at radius 3 is 2.53 bits per heavy atom. The number of rotatable bonds is 8. The maximum absolute atomic E-state index is 12.9. The van der Waals surface area contributed by atoms with E-state index in [1.807, 2.05) is 47.1 Å². The Morgan fingerprint density at radius 2 is 1.81 bits per heavy atom. The lowest BCUT2D eigenvalue weighted by molar-refractivity contribution is -0.128. The molecule has 1 amide bonds. The van der Waals surface area contributed by atoms with E-state index in [9.17, 15) is 4.79 Å². The SMILES string of the molecule is COCc1ccc2c(c1)c(OC(C)(C)C(=O)Nc1ccccn1)nn2Cc1ccccc1. The Labute approximate surface area is 187 Å². The van der Waals surface area contributed by atoms with Crippen LogP contribution >= 0.6 is 0 Å². The molecule has 7 nitrogen and oxygen atoms in total. The van der Waals surface area contributed by atoms with Gasteiger partial charge in [-0.1, -0.05) is 42.5 Å². The number of amides is 1. The van der Waals surface area contributed by atoms with Gasteiger partial charge in [0.05, 0.1) is 24.1 Å². The summed E-state index contributed by atoms with van der Waals surface area (Å²) in [6.07, 6.45) is 1.62. The van der Waals surface area contributed by atoms with Crippen LogP contribution in [0.1, 0.15) is 25.0 Å². The zero-order valence-electron chi connectivity index (χ0n) is 18.4. The van der Waals surface area contributed by atoms with Crippen LogP contribution in [0.15, 0.2) is 72.9 Å². The Kier molecular flexibility index (Phi) is 6.18. The molecule has 2 heterocycles. The lowest BCUT2D eigenvalue weighted by Crippen LogP contribution is -2.42. The number of hydrogen-bond acceptors (Lipinski definition) is 5. The molecule has 4 rings (SSSR count). The number of carbonyl (C=O) groups is 1. The van der Waals surface area contributed by atoms with Crippen LogP contribution in [0.2, 0.25) is 0 Å². The number of benzene rings is 2. The van der Waals surface area contributed by atoms with Gasteiger partial charge in [0.2, 0.25) is 5.88 Å². The number of hydrogen-bond donors (Lipinski definition) is 1. The normalized spacial score (nSPS) is 11.5. The van der Waals surface area contributed by atoms with E-state index in [1.54, 1.807) is 39.3 Å². The van der Waals surface area contributed by atoms with Crippen LogP contribution in [0.3, 0.4) is 0 Å². The zero-order valence-corrected chi connectivity index (χ0v) is 18.4. The van der Waals surface area contributed by atoms with E-state index in [4.69, 9.17) is 14.6 Å². The predicted molar refractivity (Wildman–Crippen MR) is 124 cm³/mol. The molecule has 0 unspecified atom stereocenters. The number of ether oxygens (including phenoxy) is 2. The van der Waals surface area contributed by atoms with Crippen molar-refractivity contribution in [3.8, 4) is 5.88 Å². The third kappa shape index (κ3) is 4.78. The monoisotopic (exact) mass is 430 g/mol. The van der Waals surface area contributed by atoms with E-state index in [0.717, 1.165) is 22.0 Å². The van der Waals surface area contributed by atoms with Crippen LogP contribution in [-0.2, 0) is 22.7 Å². The van der Waals surface area contributed by atoms with Crippen LogP contribution in [-0.4, -0.2) is 33.4 Å². The van der Waals surface area contributed by atoms with Gasteiger partial charge < -0.3 is 14.8 Å². The van der Waals surface area contributed by atoms with Gasteiger partial charge in [-0.25, -0.2) is 4.98 Å². The van der Waals surface area contributed by atoms with Crippen molar-refractivity contribution in [3.63, 3.8) is 0 Å². The molecule has 0 fully saturated rings. The molecule has 164 valence electrons. The molecule has 0 radical (unpaired) electrons. The number of fused-ring (bicyclic) bond motifs is 1. The number of nitrogens with zero attached hydrogens (tertiary/aromatic N) is 3. The first-order valence-electron chi connectivity index (χ1n) is 10.4. The predicted octanol–water partition coefficient (Wildman–Crippen LogP) is 4.42. The summed E-state index contributed by atoms with van der Waals surface area (Å²) in [7, 11) is 1.66. The Hall–Kier alpha value is -3.71. The average Bonchev–Trinajstić information content (AvgIpc) is 3.11. The van der Waals surface area contributed by atoms with E-state index in [0.29, 0.717) is 24.8 Å². The molecule has 0 spiro atoms. The van der Waals surface area contributed by atoms with Crippen molar-refractivity contribution in [2.45, 2.75) is 32.6 Å². The third-order valence-electron chi connectivity index (χ3n) is 5.07. The summed E-state index contributed by atoms with van der Waals surface area (Å²) < 4.78 is 13.4. The van der Waals surface area contributed by atoms with Gasteiger partial charge in [0.15, 0.2) is 5.60 Å². The van der Waals surface area contributed by atoms with Crippen LogP contribution in [0.25, 0.3) is 10.9 Å². The summed E-state index contributed by atoms with van der Waals surface area (Å²) >= 11 is 0. The van der Waals surface area contributed by atoms with Crippen molar-refractivity contribution in [3.05, 3.63) is 84.1 Å². The molecule has 0 saturated carbocycles. The third-order valence-corrected chi connectivity index (χ3v) is 5.07. The standard InChI is InChI=1S/C25H26N4O3/c1-25(2,24(30)27-22-11-7-8-14-26-22)32-23-20-15-19(17-31-3)12-13-21(20)29(28-23)16-18-9-5-4-6-10-18/h4-15H,16-17H2,1-3H3,(H,26,27,30). The lowest BCUT2D eigenvalue weighted by atomic mass is 10.1. The van der Waals surface area contributed by atoms with Gasteiger partial charge in [0, 0.05) is 13.3 Å². The zero-order chi connectivity index (χ0) is 22.6. The van der Waals surface area contributed by atoms with Gasteiger partial charge >= 0.3 is 0 Å². The molecular formula is C25H26N4O3. The molecule has 0 aliphatic heterocycles. The summed E-state index contributed by atoms with van der Waals surface area (Å²) in [4.78, 5) is 17.1. The van der Waals surface area contributed by atoms with Crippen molar-refractivity contribution >= 4 is 22.6 Å². The minimum atomic E-state index is -1.17. The summed E-state index contributed by atoms with van der Waals surface area (Å²) in [5.41, 5.74) is 1.87. The molecular weight excluding hydrogens is 404 g/mol. The van der Waals surface area contributed by atoms with E-state index in [1.165, 1.54) is 0 Å². The van der Waals surface area contributed by atoms with Crippen LogP contribution in [0.4, 0.5) is 5.82 Å². The molecule has 0 saturated heterocycles. The Bertz CT molecular complexity index is 1200. The summed E-state index contributed by atoms with van der Waals surface area (Å²) in [6.45, 7) is 4.49.